The monoisotopic (exact) mass is 340 g/mol. The smallest absolute Gasteiger partial charge is 0.410 e. The van der Waals surface area contributed by atoms with Gasteiger partial charge in [0.2, 0.25) is 0 Å². The van der Waals surface area contributed by atoms with E-state index in [1.807, 2.05) is 57.2 Å². The number of hydrogen-bond donors (Lipinski definition) is 1. The number of nitrogens with zero attached hydrogens (tertiary/aromatic N) is 1. The third kappa shape index (κ3) is 4.55. The van der Waals surface area contributed by atoms with Crippen molar-refractivity contribution in [2.75, 3.05) is 13.1 Å². The topological polar surface area (TPSA) is 50.8 Å². The number of hydrogen-bond acceptors (Lipinski definition) is 4. The number of piperidine rings is 1. The van der Waals surface area contributed by atoms with Gasteiger partial charge in [0.05, 0.1) is 0 Å². The molecule has 1 aromatic carbocycles. The molecule has 0 aromatic heterocycles. The minimum Gasteiger partial charge on any atom is -0.444 e. The minimum absolute atomic E-state index is 0.263. The van der Waals surface area contributed by atoms with E-state index in [1.165, 1.54) is 0 Å². The van der Waals surface area contributed by atoms with E-state index < -0.39 is 5.60 Å². The zero-order valence-corrected chi connectivity index (χ0v) is 15.0. The van der Waals surface area contributed by atoms with Gasteiger partial charge in [-0.05, 0) is 44.9 Å². The summed E-state index contributed by atoms with van der Waals surface area (Å²) in [7, 11) is 0. The van der Waals surface area contributed by atoms with Crippen LogP contribution in [0, 0.1) is 11.8 Å². The normalized spacial score (nSPS) is 18.8. The summed E-state index contributed by atoms with van der Waals surface area (Å²) in [6, 6.07) is 9.83. The van der Waals surface area contributed by atoms with Gasteiger partial charge in [-0.15, -0.1) is 0 Å². The molecule has 0 saturated carbocycles. The SMILES string of the molecule is CC(C)(C)OC(=O)N1CCC2(C=C(C#Cc3ccccc3)NO2)CC1. The Morgan fingerprint density at radius 3 is 2.52 bits per heavy atom. The van der Waals surface area contributed by atoms with E-state index in [9.17, 15) is 4.79 Å². The van der Waals surface area contributed by atoms with Gasteiger partial charge < -0.3 is 9.64 Å². The van der Waals surface area contributed by atoms with Crippen molar-refractivity contribution in [1.82, 2.24) is 10.4 Å². The van der Waals surface area contributed by atoms with Crippen molar-refractivity contribution in [3.8, 4) is 11.8 Å². The Balaban J connectivity index is 1.60. The Morgan fingerprint density at radius 2 is 1.88 bits per heavy atom. The van der Waals surface area contributed by atoms with Crippen molar-refractivity contribution < 1.29 is 14.4 Å². The molecule has 1 spiro atoms. The summed E-state index contributed by atoms with van der Waals surface area (Å²) in [5, 5.41) is 0. The van der Waals surface area contributed by atoms with Crippen molar-refractivity contribution in [3.63, 3.8) is 0 Å². The van der Waals surface area contributed by atoms with Crippen molar-refractivity contribution in [1.29, 1.82) is 0 Å². The summed E-state index contributed by atoms with van der Waals surface area (Å²) < 4.78 is 5.43. The van der Waals surface area contributed by atoms with Crippen LogP contribution in [0.5, 0.6) is 0 Å². The fraction of sp³-hybridized carbons (Fsp3) is 0.450. The van der Waals surface area contributed by atoms with Crippen molar-refractivity contribution >= 4 is 6.09 Å². The van der Waals surface area contributed by atoms with E-state index in [2.05, 4.69) is 17.3 Å². The van der Waals surface area contributed by atoms with E-state index in [0.29, 0.717) is 13.1 Å². The first kappa shape index (κ1) is 17.4. The number of nitrogens with one attached hydrogen (secondary N) is 1. The Labute approximate surface area is 148 Å². The van der Waals surface area contributed by atoms with E-state index in [4.69, 9.17) is 9.57 Å². The standard InChI is InChI=1S/C20H24N2O3/c1-19(2,3)24-18(23)22-13-11-20(12-14-22)15-17(21-25-20)10-9-16-7-5-4-6-8-16/h4-8,15,21H,11-14H2,1-3H3. The lowest BCUT2D eigenvalue weighted by Gasteiger charge is -2.37. The van der Waals surface area contributed by atoms with Crippen LogP contribution >= 0.6 is 0 Å². The number of allylic oxidation sites excluding steroid dienone is 1. The van der Waals surface area contributed by atoms with Gasteiger partial charge in [-0.1, -0.05) is 24.1 Å². The van der Waals surface area contributed by atoms with E-state index in [0.717, 1.165) is 24.1 Å². The molecule has 1 fully saturated rings. The quantitative estimate of drug-likeness (QED) is 0.737. The molecular formula is C20H24N2O3. The summed E-state index contributed by atoms with van der Waals surface area (Å²) >= 11 is 0. The van der Waals surface area contributed by atoms with Crippen LogP contribution in [-0.2, 0) is 9.57 Å². The molecule has 0 unspecified atom stereocenters. The second-order valence-electron chi connectivity index (χ2n) is 7.41. The first-order chi connectivity index (χ1) is 11.9. The molecule has 132 valence electrons. The molecule has 0 aliphatic carbocycles. The van der Waals surface area contributed by atoms with Crippen molar-refractivity contribution in [2.45, 2.75) is 44.8 Å². The average molecular weight is 340 g/mol. The Bertz CT molecular complexity index is 715. The highest BCUT2D eigenvalue weighted by Crippen LogP contribution is 2.32. The third-order valence-corrected chi connectivity index (χ3v) is 4.15. The predicted octanol–water partition coefficient (Wildman–Crippen LogP) is 3.23. The van der Waals surface area contributed by atoms with Crippen LogP contribution in [0.1, 0.15) is 39.2 Å². The summed E-state index contributed by atoms with van der Waals surface area (Å²) in [6.07, 6.45) is 3.21. The van der Waals surface area contributed by atoms with E-state index >= 15 is 0 Å². The van der Waals surface area contributed by atoms with E-state index in [1.54, 1.807) is 4.90 Å². The molecule has 1 N–H and O–H groups in total. The third-order valence-electron chi connectivity index (χ3n) is 4.15. The number of carbonyl (C=O) groups excluding carboxylic acids is 1. The molecule has 1 aromatic rings. The molecule has 25 heavy (non-hydrogen) atoms. The Hall–Kier alpha value is -2.45. The lowest BCUT2D eigenvalue weighted by atomic mass is 9.91. The van der Waals surface area contributed by atoms with Crippen LogP contribution in [0.15, 0.2) is 42.1 Å². The van der Waals surface area contributed by atoms with Gasteiger partial charge in [0.25, 0.3) is 0 Å². The van der Waals surface area contributed by atoms with Crippen molar-refractivity contribution in [2.24, 2.45) is 0 Å². The van der Waals surface area contributed by atoms with Gasteiger partial charge in [0, 0.05) is 31.5 Å². The minimum atomic E-state index is -0.474. The molecule has 2 aliphatic heterocycles. The second kappa shape index (κ2) is 6.81. The number of benzene rings is 1. The fourth-order valence-corrected chi connectivity index (χ4v) is 2.84. The molecule has 5 nitrogen and oxygen atoms in total. The van der Waals surface area contributed by atoms with Crippen molar-refractivity contribution in [3.05, 3.63) is 47.7 Å². The Morgan fingerprint density at radius 1 is 1.20 bits per heavy atom. The number of hydroxylamine groups is 1. The van der Waals surface area contributed by atoms with Crippen LogP contribution in [-0.4, -0.2) is 35.3 Å². The number of rotatable bonds is 0. The number of ether oxygens (including phenoxy) is 1. The molecule has 2 aliphatic rings. The van der Waals surface area contributed by atoms with Gasteiger partial charge >= 0.3 is 6.09 Å². The second-order valence-corrected chi connectivity index (χ2v) is 7.41. The van der Waals surface area contributed by atoms with Gasteiger partial charge in [0.15, 0.2) is 0 Å². The zero-order valence-electron chi connectivity index (χ0n) is 15.0. The first-order valence-electron chi connectivity index (χ1n) is 8.57. The number of carbonyl (C=O) groups is 1. The van der Waals surface area contributed by atoms with Crippen LogP contribution < -0.4 is 5.48 Å². The highest BCUT2D eigenvalue weighted by atomic mass is 16.7. The van der Waals surface area contributed by atoms with Crippen LogP contribution in [0.3, 0.4) is 0 Å². The molecule has 1 amide bonds. The molecular weight excluding hydrogens is 316 g/mol. The summed E-state index contributed by atoms with van der Waals surface area (Å²) in [6.45, 7) is 6.83. The molecule has 0 radical (unpaired) electrons. The highest BCUT2D eigenvalue weighted by Gasteiger charge is 2.40. The summed E-state index contributed by atoms with van der Waals surface area (Å²) in [5.74, 6) is 6.22. The fourth-order valence-electron chi connectivity index (χ4n) is 2.84. The maximum atomic E-state index is 12.2. The number of amides is 1. The zero-order chi connectivity index (χ0) is 17.9. The van der Waals surface area contributed by atoms with Gasteiger partial charge in [-0.2, -0.15) is 0 Å². The lowest BCUT2D eigenvalue weighted by Crippen LogP contribution is -2.48. The largest absolute Gasteiger partial charge is 0.444 e. The van der Waals surface area contributed by atoms with Gasteiger partial charge in [-0.3, -0.25) is 10.3 Å². The molecule has 3 rings (SSSR count). The van der Waals surface area contributed by atoms with Crippen LogP contribution in [0.4, 0.5) is 4.79 Å². The average Bonchev–Trinajstić information content (AvgIpc) is 2.96. The summed E-state index contributed by atoms with van der Waals surface area (Å²) in [4.78, 5) is 19.7. The highest BCUT2D eigenvalue weighted by molar-refractivity contribution is 5.68. The molecule has 0 bridgehead atoms. The Kier molecular flexibility index (Phi) is 4.73. The maximum Gasteiger partial charge on any atom is 0.410 e. The molecule has 5 heteroatoms. The van der Waals surface area contributed by atoms with E-state index in [-0.39, 0.29) is 11.7 Å². The maximum absolute atomic E-state index is 12.2. The summed E-state index contributed by atoms with van der Waals surface area (Å²) in [5.41, 5.74) is 3.79. The van der Waals surface area contributed by atoms with Crippen LogP contribution in [0.25, 0.3) is 0 Å². The predicted molar refractivity (Wildman–Crippen MR) is 95.4 cm³/mol. The molecule has 1 saturated heterocycles. The van der Waals surface area contributed by atoms with Crippen LogP contribution in [0.2, 0.25) is 0 Å². The number of likely N-dealkylation sites (tertiary alicyclic amines) is 1. The molecule has 2 heterocycles. The first-order valence-corrected chi connectivity index (χ1v) is 8.57. The lowest BCUT2D eigenvalue weighted by molar-refractivity contribution is -0.0740. The van der Waals surface area contributed by atoms with Gasteiger partial charge in [-0.25, -0.2) is 4.79 Å². The van der Waals surface area contributed by atoms with Gasteiger partial charge in [0.1, 0.15) is 16.9 Å². The molecule has 0 atom stereocenters.